The molecule has 1 rings (SSSR count). The fourth-order valence-corrected chi connectivity index (χ4v) is 2.65. The Morgan fingerprint density at radius 1 is 1.14 bits per heavy atom. The molecule has 0 spiro atoms. The molecule has 0 aliphatic carbocycles. The van der Waals surface area contributed by atoms with Crippen LogP contribution in [0.5, 0.6) is 0 Å². The van der Waals surface area contributed by atoms with Gasteiger partial charge in [0.2, 0.25) is 0 Å². The van der Waals surface area contributed by atoms with E-state index in [2.05, 4.69) is 52.1 Å². The molecule has 0 aliphatic heterocycles. The quantitative estimate of drug-likeness (QED) is 0.803. The zero-order valence-electron chi connectivity index (χ0n) is 9.79. The van der Waals surface area contributed by atoms with Gasteiger partial charge in [0.15, 0.2) is 0 Å². The lowest BCUT2D eigenvalue weighted by Gasteiger charge is -2.22. The molecule has 1 heterocycles. The van der Waals surface area contributed by atoms with Gasteiger partial charge in [0.05, 0.1) is 0 Å². The lowest BCUT2D eigenvalue weighted by Crippen LogP contribution is -2.35. The van der Waals surface area contributed by atoms with Crippen molar-refractivity contribution in [2.45, 2.75) is 52.6 Å². The lowest BCUT2D eigenvalue weighted by molar-refractivity contribution is 0.443. The van der Waals surface area contributed by atoms with E-state index in [0.717, 1.165) is 0 Å². The first kappa shape index (κ1) is 11.7. The molecule has 2 heteroatoms. The van der Waals surface area contributed by atoms with Gasteiger partial charge >= 0.3 is 0 Å². The standard InChI is InChI=1S/C12H21NS/c1-8(2)13-11(5)10(4)12-7-6-9(3)14-12/h6-8,10-11,13H,1-5H3. The third-order valence-electron chi connectivity index (χ3n) is 2.56. The van der Waals surface area contributed by atoms with Crippen LogP contribution < -0.4 is 5.32 Å². The maximum Gasteiger partial charge on any atom is 0.0115 e. The second kappa shape index (κ2) is 4.94. The maximum atomic E-state index is 3.56. The predicted octanol–water partition coefficient (Wildman–Crippen LogP) is 3.55. The zero-order valence-corrected chi connectivity index (χ0v) is 10.6. The molecule has 0 aromatic carbocycles. The van der Waals surface area contributed by atoms with Crippen molar-refractivity contribution >= 4 is 11.3 Å². The molecule has 0 bridgehead atoms. The Kier molecular flexibility index (Phi) is 4.14. The van der Waals surface area contributed by atoms with Crippen molar-refractivity contribution in [1.82, 2.24) is 5.32 Å². The second-order valence-electron chi connectivity index (χ2n) is 4.35. The third kappa shape index (κ3) is 3.10. The SMILES string of the molecule is Cc1ccc(C(C)C(C)NC(C)C)s1. The van der Waals surface area contributed by atoms with Crippen LogP contribution >= 0.6 is 11.3 Å². The van der Waals surface area contributed by atoms with Crippen molar-refractivity contribution in [3.8, 4) is 0 Å². The van der Waals surface area contributed by atoms with Gasteiger partial charge in [0, 0.05) is 27.8 Å². The number of aryl methyl sites for hydroxylation is 1. The van der Waals surface area contributed by atoms with E-state index in [1.54, 1.807) is 0 Å². The van der Waals surface area contributed by atoms with E-state index in [4.69, 9.17) is 0 Å². The Balaban J connectivity index is 2.60. The Morgan fingerprint density at radius 2 is 1.79 bits per heavy atom. The molecule has 0 amide bonds. The highest BCUT2D eigenvalue weighted by Gasteiger charge is 2.15. The summed E-state index contributed by atoms with van der Waals surface area (Å²) in [5.41, 5.74) is 0. The summed E-state index contributed by atoms with van der Waals surface area (Å²) in [6.07, 6.45) is 0. The van der Waals surface area contributed by atoms with Gasteiger partial charge in [0.1, 0.15) is 0 Å². The van der Waals surface area contributed by atoms with Crippen LogP contribution in [0.25, 0.3) is 0 Å². The van der Waals surface area contributed by atoms with Crippen molar-refractivity contribution in [3.05, 3.63) is 21.9 Å². The summed E-state index contributed by atoms with van der Waals surface area (Å²) >= 11 is 1.91. The normalized spacial score (nSPS) is 15.9. The minimum absolute atomic E-state index is 0.549. The van der Waals surface area contributed by atoms with Crippen LogP contribution in [0.15, 0.2) is 12.1 Å². The van der Waals surface area contributed by atoms with Crippen LogP contribution in [0.4, 0.5) is 0 Å². The van der Waals surface area contributed by atoms with Gasteiger partial charge < -0.3 is 5.32 Å². The van der Waals surface area contributed by atoms with Crippen LogP contribution in [-0.4, -0.2) is 12.1 Å². The summed E-state index contributed by atoms with van der Waals surface area (Å²) in [7, 11) is 0. The Morgan fingerprint density at radius 3 is 2.21 bits per heavy atom. The molecular weight excluding hydrogens is 190 g/mol. The van der Waals surface area contributed by atoms with Gasteiger partial charge in [-0.1, -0.05) is 20.8 Å². The van der Waals surface area contributed by atoms with Crippen LogP contribution in [0.3, 0.4) is 0 Å². The fourth-order valence-electron chi connectivity index (χ4n) is 1.61. The van der Waals surface area contributed by atoms with Crippen LogP contribution in [0, 0.1) is 6.92 Å². The highest BCUT2D eigenvalue weighted by Crippen LogP contribution is 2.26. The second-order valence-corrected chi connectivity index (χ2v) is 5.67. The van der Waals surface area contributed by atoms with Crippen molar-refractivity contribution in [2.75, 3.05) is 0 Å². The average molecular weight is 211 g/mol. The highest BCUT2D eigenvalue weighted by atomic mass is 32.1. The van der Waals surface area contributed by atoms with Crippen molar-refractivity contribution in [3.63, 3.8) is 0 Å². The molecule has 0 saturated heterocycles. The molecule has 2 unspecified atom stereocenters. The van der Waals surface area contributed by atoms with E-state index in [1.807, 2.05) is 11.3 Å². The van der Waals surface area contributed by atoms with E-state index in [1.165, 1.54) is 9.75 Å². The molecule has 0 saturated carbocycles. The summed E-state index contributed by atoms with van der Waals surface area (Å²) in [5.74, 6) is 0.607. The van der Waals surface area contributed by atoms with Crippen LogP contribution in [0.2, 0.25) is 0 Å². The molecule has 1 aromatic heterocycles. The molecule has 0 fully saturated rings. The summed E-state index contributed by atoms with van der Waals surface area (Å²) in [4.78, 5) is 2.90. The van der Waals surface area contributed by atoms with E-state index in [-0.39, 0.29) is 0 Å². The first-order valence-corrected chi connectivity index (χ1v) is 6.14. The largest absolute Gasteiger partial charge is 0.311 e. The van der Waals surface area contributed by atoms with Gasteiger partial charge in [-0.05, 0) is 26.0 Å². The van der Waals surface area contributed by atoms with E-state index >= 15 is 0 Å². The maximum absolute atomic E-state index is 3.56. The topological polar surface area (TPSA) is 12.0 Å². The van der Waals surface area contributed by atoms with Gasteiger partial charge in [-0.15, -0.1) is 11.3 Å². The van der Waals surface area contributed by atoms with Gasteiger partial charge in [0.25, 0.3) is 0 Å². The summed E-state index contributed by atoms with van der Waals surface area (Å²) in [6.45, 7) is 11.1. The molecule has 1 nitrogen and oxygen atoms in total. The molecule has 14 heavy (non-hydrogen) atoms. The smallest absolute Gasteiger partial charge is 0.0115 e. The third-order valence-corrected chi connectivity index (χ3v) is 3.76. The fraction of sp³-hybridized carbons (Fsp3) is 0.667. The summed E-state index contributed by atoms with van der Waals surface area (Å²) in [6, 6.07) is 5.57. The Hall–Kier alpha value is -0.340. The van der Waals surface area contributed by atoms with Crippen LogP contribution in [0.1, 0.15) is 43.4 Å². The first-order chi connectivity index (χ1) is 6.50. The number of hydrogen-bond acceptors (Lipinski definition) is 2. The number of thiophene rings is 1. The van der Waals surface area contributed by atoms with Crippen molar-refractivity contribution in [1.29, 1.82) is 0 Å². The van der Waals surface area contributed by atoms with E-state index < -0.39 is 0 Å². The highest BCUT2D eigenvalue weighted by molar-refractivity contribution is 7.12. The summed E-state index contributed by atoms with van der Waals surface area (Å²) < 4.78 is 0. The molecular formula is C12H21NS. The summed E-state index contributed by atoms with van der Waals surface area (Å²) in [5, 5.41) is 3.56. The number of rotatable bonds is 4. The van der Waals surface area contributed by atoms with Gasteiger partial charge in [-0.3, -0.25) is 0 Å². The lowest BCUT2D eigenvalue weighted by atomic mass is 10.0. The number of hydrogen-bond donors (Lipinski definition) is 1. The van der Waals surface area contributed by atoms with Crippen LogP contribution in [-0.2, 0) is 0 Å². The van der Waals surface area contributed by atoms with E-state index in [9.17, 15) is 0 Å². The molecule has 80 valence electrons. The average Bonchev–Trinajstić information content (AvgIpc) is 2.49. The first-order valence-electron chi connectivity index (χ1n) is 5.33. The van der Waals surface area contributed by atoms with Gasteiger partial charge in [-0.2, -0.15) is 0 Å². The molecule has 0 radical (unpaired) electrons. The van der Waals surface area contributed by atoms with Gasteiger partial charge in [-0.25, -0.2) is 0 Å². The predicted molar refractivity (Wildman–Crippen MR) is 65.2 cm³/mol. The number of nitrogens with one attached hydrogen (secondary N) is 1. The molecule has 1 N–H and O–H groups in total. The molecule has 2 atom stereocenters. The zero-order chi connectivity index (χ0) is 10.7. The Bertz CT molecular complexity index is 278. The minimum Gasteiger partial charge on any atom is -0.311 e. The van der Waals surface area contributed by atoms with Crippen molar-refractivity contribution < 1.29 is 0 Å². The Labute approximate surface area is 91.5 Å². The minimum atomic E-state index is 0.549. The molecule has 0 aliphatic rings. The van der Waals surface area contributed by atoms with E-state index in [0.29, 0.717) is 18.0 Å². The van der Waals surface area contributed by atoms with Crippen molar-refractivity contribution in [2.24, 2.45) is 0 Å². The monoisotopic (exact) mass is 211 g/mol. The molecule has 1 aromatic rings.